The number of fused-ring (bicyclic) bond motifs is 2. The summed E-state index contributed by atoms with van der Waals surface area (Å²) in [5.41, 5.74) is 2.48. The third kappa shape index (κ3) is 3.56. The van der Waals surface area contributed by atoms with Gasteiger partial charge in [0.05, 0.1) is 21.3 Å². The van der Waals surface area contributed by atoms with Gasteiger partial charge in [-0.25, -0.2) is 0 Å². The normalized spacial score (nSPS) is 16.1. The standard InChI is InChI=1S/C24H22N3OS3/c1-4-27-17-10-6-8-12-19(17)30-23(27)15-22-26(3)24(28)20(31-22)13-14-21-25(2)16-9-5-7-11-18(16)29-21/h5-15H,4H2,1-3H3/q+1. The van der Waals surface area contributed by atoms with E-state index in [1.54, 1.807) is 27.7 Å². The molecular formula is C24H22N3OS3+. The average Bonchev–Trinajstić information content (AvgIpc) is 3.39. The molecule has 1 aliphatic heterocycles. The molecule has 0 bridgehead atoms. The van der Waals surface area contributed by atoms with Gasteiger partial charge in [-0.15, -0.1) is 11.3 Å². The van der Waals surface area contributed by atoms with Gasteiger partial charge in [-0.05, 0) is 37.3 Å². The van der Waals surface area contributed by atoms with Crippen molar-refractivity contribution in [2.24, 2.45) is 7.05 Å². The molecule has 4 nitrogen and oxygen atoms in total. The van der Waals surface area contributed by atoms with Crippen LogP contribution in [0.4, 0.5) is 5.69 Å². The van der Waals surface area contributed by atoms with Crippen LogP contribution in [0, 0.1) is 0 Å². The van der Waals surface area contributed by atoms with E-state index in [0.29, 0.717) is 0 Å². The van der Waals surface area contributed by atoms with Crippen LogP contribution in [0.2, 0.25) is 0 Å². The molecule has 3 heterocycles. The molecule has 4 aromatic rings. The monoisotopic (exact) mass is 464 g/mol. The first-order chi connectivity index (χ1) is 15.1. The summed E-state index contributed by atoms with van der Waals surface area (Å²) in [5, 5.41) is 2.28. The molecule has 0 aliphatic carbocycles. The molecule has 0 unspecified atom stereocenters. The lowest BCUT2D eigenvalue weighted by molar-refractivity contribution is -0.665. The average molecular weight is 465 g/mol. The third-order valence-corrected chi connectivity index (χ3v) is 8.84. The van der Waals surface area contributed by atoms with Crippen LogP contribution in [0.3, 0.4) is 0 Å². The third-order valence-electron chi connectivity index (χ3n) is 5.41. The maximum absolute atomic E-state index is 12.9. The van der Waals surface area contributed by atoms with E-state index in [2.05, 4.69) is 78.0 Å². The van der Waals surface area contributed by atoms with E-state index in [9.17, 15) is 4.79 Å². The smallest absolute Gasteiger partial charge is 0.268 e. The molecule has 0 saturated heterocycles. The van der Waals surface area contributed by atoms with Crippen molar-refractivity contribution >= 4 is 62.5 Å². The SMILES string of the molecule is CC[n+]1c(C=c2sc(=CC=C3Sc4ccccc4N3C)c(=O)n2C)sc2ccccc21. The predicted molar refractivity (Wildman–Crippen MR) is 133 cm³/mol. The fraction of sp³-hybridized carbons (Fsp3) is 0.167. The number of aryl methyl sites for hydroxylation is 1. The summed E-state index contributed by atoms with van der Waals surface area (Å²) in [6.45, 7) is 3.05. The molecule has 0 amide bonds. The van der Waals surface area contributed by atoms with Crippen molar-refractivity contribution < 1.29 is 4.57 Å². The number of allylic oxidation sites excluding steroid dienone is 1. The van der Waals surface area contributed by atoms with E-state index < -0.39 is 0 Å². The zero-order valence-corrected chi connectivity index (χ0v) is 20.0. The first-order valence-electron chi connectivity index (χ1n) is 10.1. The lowest BCUT2D eigenvalue weighted by atomic mass is 10.3. The van der Waals surface area contributed by atoms with Crippen molar-refractivity contribution in [2.45, 2.75) is 18.4 Å². The Morgan fingerprint density at radius 1 is 1.00 bits per heavy atom. The maximum atomic E-state index is 12.9. The van der Waals surface area contributed by atoms with E-state index in [1.807, 2.05) is 19.2 Å². The van der Waals surface area contributed by atoms with Crippen LogP contribution < -0.4 is 24.2 Å². The number of anilines is 1. The van der Waals surface area contributed by atoms with Gasteiger partial charge in [0.15, 0.2) is 0 Å². The van der Waals surface area contributed by atoms with Gasteiger partial charge in [0.1, 0.15) is 15.9 Å². The van der Waals surface area contributed by atoms with Gasteiger partial charge in [-0.1, -0.05) is 47.4 Å². The number of benzene rings is 2. The number of nitrogens with zero attached hydrogens (tertiary/aromatic N) is 3. The molecule has 0 fully saturated rings. The van der Waals surface area contributed by atoms with Gasteiger partial charge in [-0.2, -0.15) is 4.57 Å². The molecule has 2 aromatic carbocycles. The highest BCUT2D eigenvalue weighted by Gasteiger charge is 2.20. The molecule has 2 aromatic heterocycles. The van der Waals surface area contributed by atoms with Crippen LogP contribution in [0.25, 0.3) is 22.4 Å². The van der Waals surface area contributed by atoms with Gasteiger partial charge in [-0.3, -0.25) is 4.79 Å². The lowest BCUT2D eigenvalue weighted by Gasteiger charge is -2.12. The molecule has 156 valence electrons. The number of hydrogen-bond donors (Lipinski definition) is 0. The van der Waals surface area contributed by atoms with E-state index in [1.165, 1.54) is 32.1 Å². The number of rotatable bonds is 3. The van der Waals surface area contributed by atoms with Gasteiger partial charge in [0.25, 0.3) is 10.6 Å². The Kier molecular flexibility index (Phi) is 5.33. The Balaban J connectivity index is 1.57. The van der Waals surface area contributed by atoms with Crippen molar-refractivity contribution in [1.82, 2.24) is 4.57 Å². The molecule has 0 saturated carbocycles. The van der Waals surface area contributed by atoms with Gasteiger partial charge in [0, 0.05) is 25.1 Å². The second-order valence-corrected chi connectivity index (χ2v) is 10.5. The van der Waals surface area contributed by atoms with Gasteiger partial charge in [0.2, 0.25) is 5.52 Å². The number of thiazole rings is 2. The van der Waals surface area contributed by atoms with Crippen LogP contribution in [0.5, 0.6) is 0 Å². The zero-order valence-electron chi connectivity index (χ0n) is 17.5. The van der Waals surface area contributed by atoms with E-state index in [4.69, 9.17) is 0 Å². The summed E-state index contributed by atoms with van der Waals surface area (Å²) >= 11 is 5.03. The number of thioether (sulfide) groups is 1. The van der Waals surface area contributed by atoms with Gasteiger partial charge >= 0.3 is 0 Å². The molecule has 31 heavy (non-hydrogen) atoms. The van der Waals surface area contributed by atoms with Crippen LogP contribution >= 0.6 is 34.4 Å². The Hall–Kier alpha value is -2.61. The van der Waals surface area contributed by atoms with Crippen molar-refractivity contribution in [1.29, 1.82) is 0 Å². The predicted octanol–water partition coefficient (Wildman–Crippen LogP) is 3.66. The number of hydrogen-bond acceptors (Lipinski definition) is 5. The van der Waals surface area contributed by atoms with E-state index in [0.717, 1.165) is 25.8 Å². The van der Waals surface area contributed by atoms with Crippen LogP contribution in [-0.2, 0) is 13.6 Å². The Bertz CT molecular complexity index is 1510. The summed E-state index contributed by atoms with van der Waals surface area (Å²) in [7, 11) is 3.92. The fourth-order valence-corrected chi connectivity index (χ4v) is 6.99. The summed E-state index contributed by atoms with van der Waals surface area (Å²) in [5.74, 6) is 0. The molecular weight excluding hydrogens is 442 g/mol. The summed E-state index contributed by atoms with van der Waals surface area (Å²) in [4.78, 5) is 16.3. The van der Waals surface area contributed by atoms with E-state index in [-0.39, 0.29) is 5.56 Å². The molecule has 0 spiro atoms. The second kappa shape index (κ2) is 8.15. The number of aromatic nitrogens is 2. The highest BCUT2D eigenvalue weighted by atomic mass is 32.2. The minimum absolute atomic E-state index is 0.0421. The zero-order chi connectivity index (χ0) is 21.5. The van der Waals surface area contributed by atoms with Crippen molar-refractivity contribution in [3.8, 4) is 0 Å². The lowest BCUT2D eigenvalue weighted by Crippen LogP contribution is -2.34. The van der Waals surface area contributed by atoms with Crippen molar-refractivity contribution in [2.75, 3.05) is 11.9 Å². The Labute approximate surface area is 192 Å². The Morgan fingerprint density at radius 2 is 1.77 bits per heavy atom. The summed E-state index contributed by atoms with van der Waals surface area (Å²) in [6.07, 6.45) is 6.14. The first-order valence-corrected chi connectivity index (χ1v) is 12.5. The highest BCUT2D eigenvalue weighted by Crippen LogP contribution is 2.44. The van der Waals surface area contributed by atoms with Gasteiger partial charge < -0.3 is 9.47 Å². The maximum Gasteiger partial charge on any atom is 0.268 e. The van der Waals surface area contributed by atoms with Crippen LogP contribution in [-0.4, -0.2) is 11.6 Å². The Morgan fingerprint density at radius 3 is 2.58 bits per heavy atom. The van der Waals surface area contributed by atoms with Crippen molar-refractivity contribution in [3.05, 3.63) is 84.2 Å². The van der Waals surface area contributed by atoms with Crippen LogP contribution in [0.1, 0.15) is 11.9 Å². The summed E-state index contributed by atoms with van der Waals surface area (Å²) < 4.78 is 7.01. The molecule has 5 rings (SSSR count). The molecule has 0 atom stereocenters. The molecule has 7 heteroatoms. The minimum Gasteiger partial charge on any atom is -0.338 e. The molecule has 0 N–H and O–H groups in total. The van der Waals surface area contributed by atoms with Crippen LogP contribution in [0.15, 0.2) is 69.3 Å². The van der Waals surface area contributed by atoms with E-state index >= 15 is 0 Å². The fourth-order valence-electron chi connectivity index (χ4n) is 3.73. The first kappa shape index (κ1) is 20.3. The number of para-hydroxylation sites is 2. The quantitative estimate of drug-likeness (QED) is 0.434. The second-order valence-electron chi connectivity index (χ2n) is 7.27. The largest absolute Gasteiger partial charge is 0.338 e. The molecule has 1 aliphatic rings. The topological polar surface area (TPSA) is 29.1 Å². The highest BCUT2D eigenvalue weighted by molar-refractivity contribution is 8.03. The summed E-state index contributed by atoms with van der Waals surface area (Å²) in [6, 6.07) is 16.8. The van der Waals surface area contributed by atoms with Crippen molar-refractivity contribution in [3.63, 3.8) is 0 Å². The minimum atomic E-state index is 0.0421. The molecule has 0 radical (unpaired) electrons.